The zero-order chi connectivity index (χ0) is 18.4. The fourth-order valence-corrected chi connectivity index (χ4v) is 2.78. The Hall–Kier alpha value is -2.72. The SMILES string of the molecule is O=C(CSc1nnc(-c2ccncc2)o1)N/N=C\c1cc(Br)ccc1O. The minimum Gasteiger partial charge on any atom is -0.507 e. The number of amides is 1. The summed E-state index contributed by atoms with van der Waals surface area (Å²) in [4.78, 5) is 15.7. The van der Waals surface area contributed by atoms with Crippen LogP contribution >= 0.6 is 27.7 Å². The van der Waals surface area contributed by atoms with Gasteiger partial charge in [-0.3, -0.25) is 9.78 Å². The lowest BCUT2D eigenvalue weighted by Crippen LogP contribution is -2.19. The van der Waals surface area contributed by atoms with E-state index in [2.05, 4.69) is 41.6 Å². The molecule has 0 fully saturated rings. The van der Waals surface area contributed by atoms with Gasteiger partial charge in [0.1, 0.15) is 5.75 Å². The van der Waals surface area contributed by atoms with E-state index in [1.165, 1.54) is 12.3 Å². The Balaban J connectivity index is 1.51. The molecule has 3 rings (SSSR count). The van der Waals surface area contributed by atoms with Crippen molar-refractivity contribution in [1.82, 2.24) is 20.6 Å². The van der Waals surface area contributed by atoms with Crippen LogP contribution in [-0.2, 0) is 4.79 Å². The van der Waals surface area contributed by atoms with Gasteiger partial charge in [-0.2, -0.15) is 5.10 Å². The number of aromatic hydroxyl groups is 1. The maximum Gasteiger partial charge on any atom is 0.277 e. The second kappa shape index (κ2) is 8.59. The normalized spacial score (nSPS) is 11.0. The lowest BCUT2D eigenvalue weighted by molar-refractivity contribution is -0.118. The standard InChI is InChI=1S/C16H12BrN5O3S/c17-12-1-2-13(23)11(7-12)8-19-20-14(24)9-26-16-22-21-15(25-16)10-3-5-18-6-4-10/h1-8,23H,9H2,(H,20,24)/b19-8-. The number of phenolic OH excluding ortho intramolecular Hbond substituents is 1. The number of thioether (sulfide) groups is 1. The molecule has 10 heteroatoms. The van der Waals surface area contributed by atoms with Gasteiger partial charge in [0, 0.05) is 28.0 Å². The number of nitrogens with one attached hydrogen (secondary N) is 1. The van der Waals surface area contributed by atoms with Gasteiger partial charge in [-0.05, 0) is 30.3 Å². The summed E-state index contributed by atoms with van der Waals surface area (Å²) in [5, 5.41) is 21.6. The fraction of sp³-hybridized carbons (Fsp3) is 0.0625. The largest absolute Gasteiger partial charge is 0.507 e. The highest BCUT2D eigenvalue weighted by Gasteiger charge is 2.10. The molecule has 0 spiro atoms. The van der Waals surface area contributed by atoms with Crippen molar-refractivity contribution in [2.24, 2.45) is 5.10 Å². The molecule has 0 aliphatic heterocycles. The summed E-state index contributed by atoms with van der Waals surface area (Å²) in [6.07, 6.45) is 4.61. The number of hydrogen-bond acceptors (Lipinski definition) is 8. The summed E-state index contributed by atoms with van der Waals surface area (Å²) < 4.78 is 6.27. The molecule has 0 saturated carbocycles. The van der Waals surface area contributed by atoms with Crippen LogP contribution < -0.4 is 5.43 Å². The van der Waals surface area contributed by atoms with Gasteiger partial charge in [0.2, 0.25) is 5.89 Å². The van der Waals surface area contributed by atoms with Crippen LogP contribution in [0.15, 0.2) is 61.9 Å². The Morgan fingerprint density at radius 1 is 1.31 bits per heavy atom. The molecular formula is C16H12BrN5O3S. The second-order valence-electron chi connectivity index (χ2n) is 4.89. The average molecular weight is 434 g/mol. The van der Waals surface area contributed by atoms with Crippen LogP contribution in [-0.4, -0.2) is 38.2 Å². The van der Waals surface area contributed by atoms with Gasteiger partial charge in [-0.1, -0.05) is 27.7 Å². The minimum atomic E-state index is -0.343. The van der Waals surface area contributed by atoms with Crippen LogP contribution in [0.5, 0.6) is 5.75 Å². The summed E-state index contributed by atoms with van der Waals surface area (Å²) in [7, 11) is 0. The van der Waals surface area contributed by atoms with Gasteiger partial charge in [0.05, 0.1) is 12.0 Å². The fourth-order valence-electron chi connectivity index (χ4n) is 1.84. The predicted octanol–water partition coefficient (Wildman–Crippen LogP) is 2.84. The maximum atomic E-state index is 11.8. The highest BCUT2D eigenvalue weighted by Crippen LogP contribution is 2.22. The Kier molecular flexibility index (Phi) is 5.97. The van der Waals surface area contributed by atoms with E-state index in [-0.39, 0.29) is 22.6 Å². The number of pyridine rings is 1. The summed E-state index contributed by atoms with van der Waals surface area (Å²) >= 11 is 4.39. The molecule has 1 amide bonds. The number of benzene rings is 1. The number of hydrazone groups is 1. The van der Waals surface area contributed by atoms with Crippen LogP contribution in [0.2, 0.25) is 0 Å². The molecule has 3 aromatic rings. The number of carbonyl (C=O) groups excluding carboxylic acids is 1. The molecule has 26 heavy (non-hydrogen) atoms. The van der Waals surface area contributed by atoms with Gasteiger partial charge in [0.15, 0.2) is 0 Å². The summed E-state index contributed by atoms with van der Waals surface area (Å²) in [6.45, 7) is 0. The first kappa shape index (κ1) is 18.1. The van der Waals surface area contributed by atoms with E-state index < -0.39 is 0 Å². The average Bonchev–Trinajstić information content (AvgIpc) is 3.13. The predicted molar refractivity (Wildman–Crippen MR) is 99.8 cm³/mol. The van der Waals surface area contributed by atoms with Crippen molar-refractivity contribution in [3.63, 3.8) is 0 Å². The Morgan fingerprint density at radius 3 is 2.92 bits per heavy atom. The van der Waals surface area contributed by atoms with E-state index in [0.717, 1.165) is 21.8 Å². The van der Waals surface area contributed by atoms with Crippen molar-refractivity contribution in [2.75, 3.05) is 5.75 Å². The van der Waals surface area contributed by atoms with Crippen molar-refractivity contribution in [3.05, 3.63) is 52.8 Å². The first-order chi connectivity index (χ1) is 12.6. The number of rotatable bonds is 6. The van der Waals surface area contributed by atoms with Gasteiger partial charge in [-0.15, -0.1) is 10.2 Å². The molecule has 0 saturated heterocycles. The summed E-state index contributed by atoms with van der Waals surface area (Å²) in [5.74, 6) is 0.137. The molecule has 2 aromatic heterocycles. The zero-order valence-corrected chi connectivity index (χ0v) is 15.6. The van der Waals surface area contributed by atoms with Crippen LogP contribution in [0.1, 0.15) is 5.56 Å². The maximum absolute atomic E-state index is 11.8. The molecule has 1 aromatic carbocycles. The van der Waals surface area contributed by atoms with Crippen molar-refractivity contribution >= 4 is 39.8 Å². The lowest BCUT2D eigenvalue weighted by Gasteiger charge is -2.00. The van der Waals surface area contributed by atoms with Gasteiger partial charge in [0.25, 0.3) is 11.1 Å². The van der Waals surface area contributed by atoms with Gasteiger partial charge < -0.3 is 9.52 Å². The third kappa shape index (κ3) is 4.90. The van der Waals surface area contributed by atoms with Gasteiger partial charge >= 0.3 is 0 Å². The quantitative estimate of drug-likeness (QED) is 0.348. The molecule has 2 heterocycles. The molecule has 132 valence electrons. The van der Waals surface area contributed by atoms with Crippen molar-refractivity contribution < 1.29 is 14.3 Å². The summed E-state index contributed by atoms with van der Waals surface area (Å²) in [6, 6.07) is 8.41. The molecule has 0 atom stereocenters. The topological polar surface area (TPSA) is 114 Å². The number of nitrogens with zero attached hydrogens (tertiary/aromatic N) is 4. The third-order valence-electron chi connectivity index (χ3n) is 3.04. The van der Waals surface area contributed by atoms with Crippen LogP contribution in [0.3, 0.4) is 0 Å². The van der Waals surface area contributed by atoms with Crippen LogP contribution in [0.25, 0.3) is 11.5 Å². The van der Waals surface area contributed by atoms with E-state index in [4.69, 9.17) is 4.42 Å². The number of aromatic nitrogens is 3. The van der Waals surface area contributed by atoms with E-state index in [9.17, 15) is 9.90 Å². The van der Waals surface area contributed by atoms with Crippen molar-refractivity contribution in [3.8, 4) is 17.2 Å². The van der Waals surface area contributed by atoms with Crippen LogP contribution in [0, 0.1) is 0 Å². The van der Waals surface area contributed by atoms with Gasteiger partial charge in [-0.25, -0.2) is 5.43 Å². The number of hydrogen-bond donors (Lipinski definition) is 2. The highest BCUT2D eigenvalue weighted by molar-refractivity contribution is 9.10. The Labute approximate surface area is 160 Å². The zero-order valence-electron chi connectivity index (χ0n) is 13.2. The molecule has 0 unspecified atom stereocenters. The molecule has 0 aliphatic rings. The molecule has 8 nitrogen and oxygen atoms in total. The Bertz CT molecular complexity index is 933. The van der Waals surface area contributed by atoms with E-state index in [1.54, 1.807) is 36.7 Å². The van der Waals surface area contributed by atoms with E-state index >= 15 is 0 Å². The number of halogens is 1. The molecule has 0 radical (unpaired) electrons. The third-order valence-corrected chi connectivity index (χ3v) is 4.35. The minimum absolute atomic E-state index is 0.0553. The molecule has 0 aliphatic carbocycles. The second-order valence-corrected chi connectivity index (χ2v) is 6.74. The Morgan fingerprint density at radius 2 is 2.12 bits per heavy atom. The first-order valence-corrected chi connectivity index (χ1v) is 9.07. The van der Waals surface area contributed by atoms with Crippen molar-refractivity contribution in [1.29, 1.82) is 0 Å². The number of carbonyl (C=O) groups is 1. The summed E-state index contributed by atoms with van der Waals surface area (Å²) in [5.41, 5.74) is 3.60. The van der Waals surface area contributed by atoms with Crippen molar-refractivity contribution in [2.45, 2.75) is 5.22 Å². The molecular weight excluding hydrogens is 422 g/mol. The highest BCUT2D eigenvalue weighted by atomic mass is 79.9. The first-order valence-electron chi connectivity index (χ1n) is 7.29. The number of phenols is 1. The van der Waals surface area contributed by atoms with E-state index in [0.29, 0.717) is 11.5 Å². The molecule has 0 bridgehead atoms. The van der Waals surface area contributed by atoms with E-state index in [1.807, 2.05) is 0 Å². The molecule has 2 N–H and O–H groups in total. The monoisotopic (exact) mass is 433 g/mol. The smallest absolute Gasteiger partial charge is 0.277 e. The van der Waals surface area contributed by atoms with Crippen LogP contribution in [0.4, 0.5) is 0 Å². The lowest BCUT2D eigenvalue weighted by atomic mass is 10.2.